The van der Waals surface area contributed by atoms with Crippen LogP contribution in [-0.2, 0) is 6.61 Å². The van der Waals surface area contributed by atoms with E-state index in [-0.39, 0.29) is 25.3 Å². The monoisotopic (exact) mass is 355 g/mol. The van der Waals surface area contributed by atoms with Gasteiger partial charge in [0.15, 0.2) is 17.2 Å². The summed E-state index contributed by atoms with van der Waals surface area (Å²) in [6.07, 6.45) is 6.13. The molecule has 3 heterocycles. The summed E-state index contributed by atoms with van der Waals surface area (Å²) in [6.45, 7) is 3.28. The second-order valence-corrected chi connectivity index (χ2v) is 6.32. The first-order valence-electron chi connectivity index (χ1n) is 8.79. The van der Waals surface area contributed by atoms with Gasteiger partial charge in [-0.1, -0.05) is 25.5 Å². The van der Waals surface area contributed by atoms with Gasteiger partial charge in [-0.2, -0.15) is 5.10 Å². The van der Waals surface area contributed by atoms with Crippen LogP contribution in [0.2, 0.25) is 0 Å². The summed E-state index contributed by atoms with van der Waals surface area (Å²) in [5.41, 5.74) is 1.16. The fourth-order valence-corrected chi connectivity index (χ4v) is 3.17. The quantitative estimate of drug-likeness (QED) is 0.806. The number of hydrogen-bond donors (Lipinski definition) is 1. The lowest BCUT2D eigenvalue weighted by atomic mass is 10.1. The number of aromatic amines is 1. The average molecular weight is 355 g/mol. The smallest absolute Gasteiger partial charge is 0.275 e. The van der Waals surface area contributed by atoms with Gasteiger partial charge in [-0.25, -0.2) is 0 Å². The lowest BCUT2D eigenvalue weighted by Crippen LogP contribution is -2.36. The van der Waals surface area contributed by atoms with E-state index in [9.17, 15) is 4.79 Å². The number of hydrogen-bond acceptors (Lipinski definition) is 5. The molecule has 1 N–H and O–H groups in total. The van der Waals surface area contributed by atoms with Crippen LogP contribution in [0.25, 0.3) is 0 Å². The van der Waals surface area contributed by atoms with E-state index in [2.05, 4.69) is 23.2 Å². The highest BCUT2D eigenvalue weighted by Crippen LogP contribution is 2.35. The van der Waals surface area contributed by atoms with Gasteiger partial charge in [-0.15, -0.1) is 0 Å². The molecule has 0 fully saturated rings. The molecule has 2 aliphatic heterocycles. The van der Waals surface area contributed by atoms with E-state index >= 15 is 0 Å². The Morgan fingerprint density at radius 3 is 3.12 bits per heavy atom. The number of nitrogens with zero attached hydrogens (tertiary/aromatic N) is 2. The van der Waals surface area contributed by atoms with Crippen molar-refractivity contribution >= 4 is 5.91 Å². The highest BCUT2D eigenvalue weighted by atomic mass is 16.7. The fraction of sp³-hybridized carbons (Fsp3) is 0.368. The minimum absolute atomic E-state index is 0.0565. The molecular formula is C19H21N3O4. The van der Waals surface area contributed by atoms with Crippen molar-refractivity contribution in [1.82, 2.24) is 15.1 Å². The minimum Gasteiger partial charge on any atom is -0.487 e. The summed E-state index contributed by atoms with van der Waals surface area (Å²) in [7, 11) is 0. The third-order valence-electron chi connectivity index (χ3n) is 4.49. The standard InChI is InChI=1S/C19H21N3O4/c1-2-4-14-5-3-8-22(14)19(23)16-9-13(20-21-16)11-24-15-6-7-17-18(10-15)26-12-25-17/h3,5-7,9-10,14H,2,4,8,11-12H2,1H3,(H,20,21)/t14-/m1/s1. The van der Waals surface area contributed by atoms with E-state index < -0.39 is 0 Å². The molecule has 1 aromatic carbocycles. The third kappa shape index (κ3) is 3.24. The Morgan fingerprint density at radius 1 is 1.35 bits per heavy atom. The Bertz CT molecular complexity index is 830. The topological polar surface area (TPSA) is 76.7 Å². The Labute approximate surface area is 151 Å². The summed E-state index contributed by atoms with van der Waals surface area (Å²) >= 11 is 0. The molecule has 1 amide bonds. The molecular weight excluding hydrogens is 334 g/mol. The zero-order valence-corrected chi connectivity index (χ0v) is 14.6. The molecule has 2 aliphatic rings. The maximum Gasteiger partial charge on any atom is 0.275 e. The Kier molecular flexibility index (Phi) is 4.51. The lowest BCUT2D eigenvalue weighted by molar-refractivity contribution is 0.0738. The molecule has 0 unspecified atom stereocenters. The zero-order valence-electron chi connectivity index (χ0n) is 14.6. The summed E-state index contributed by atoms with van der Waals surface area (Å²) in [6, 6.07) is 7.33. The van der Waals surface area contributed by atoms with Gasteiger partial charge in [0.25, 0.3) is 5.91 Å². The normalized spacial score (nSPS) is 17.7. The Morgan fingerprint density at radius 2 is 2.23 bits per heavy atom. The van der Waals surface area contributed by atoms with Gasteiger partial charge in [0.1, 0.15) is 12.4 Å². The predicted octanol–water partition coefficient (Wildman–Crippen LogP) is 2.90. The Hall–Kier alpha value is -2.96. The van der Waals surface area contributed by atoms with Crippen LogP contribution in [0, 0.1) is 0 Å². The number of amides is 1. The van der Waals surface area contributed by atoms with Crippen LogP contribution in [0.15, 0.2) is 36.4 Å². The summed E-state index contributed by atoms with van der Waals surface area (Å²) in [5, 5.41) is 7.04. The second-order valence-electron chi connectivity index (χ2n) is 6.32. The van der Waals surface area contributed by atoms with E-state index in [1.165, 1.54) is 0 Å². The molecule has 0 spiro atoms. The van der Waals surface area contributed by atoms with Crippen LogP contribution in [0.4, 0.5) is 0 Å². The summed E-state index contributed by atoms with van der Waals surface area (Å²) in [4.78, 5) is 14.5. The highest BCUT2D eigenvalue weighted by molar-refractivity contribution is 5.93. The molecule has 136 valence electrons. The number of ether oxygens (including phenoxy) is 3. The summed E-state index contributed by atoms with van der Waals surface area (Å²) in [5.74, 6) is 2.00. The van der Waals surface area contributed by atoms with Crippen molar-refractivity contribution in [2.75, 3.05) is 13.3 Å². The molecule has 7 heteroatoms. The number of fused-ring (bicyclic) bond motifs is 1. The minimum atomic E-state index is -0.0565. The molecule has 1 atom stereocenters. The van der Waals surface area contributed by atoms with Gasteiger partial charge >= 0.3 is 0 Å². The van der Waals surface area contributed by atoms with E-state index in [0.717, 1.165) is 18.5 Å². The van der Waals surface area contributed by atoms with E-state index in [1.807, 2.05) is 23.1 Å². The SMILES string of the molecule is CCC[C@@H]1C=CCN1C(=O)c1cc(COc2ccc3c(c2)OCO3)[nH]n1. The van der Waals surface area contributed by atoms with Crippen molar-refractivity contribution in [3.8, 4) is 17.2 Å². The third-order valence-corrected chi connectivity index (χ3v) is 4.49. The Balaban J connectivity index is 1.38. The fourth-order valence-electron chi connectivity index (χ4n) is 3.17. The maximum absolute atomic E-state index is 12.7. The molecule has 1 aromatic heterocycles. The van der Waals surface area contributed by atoms with Crippen LogP contribution in [-0.4, -0.2) is 40.4 Å². The van der Waals surface area contributed by atoms with Crippen molar-refractivity contribution in [1.29, 1.82) is 0 Å². The number of carbonyl (C=O) groups excluding carboxylic acids is 1. The van der Waals surface area contributed by atoms with Gasteiger partial charge in [0, 0.05) is 12.6 Å². The number of benzene rings is 1. The molecule has 0 radical (unpaired) electrons. The molecule has 0 saturated carbocycles. The molecule has 0 saturated heterocycles. The van der Waals surface area contributed by atoms with Gasteiger partial charge in [-0.3, -0.25) is 9.89 Å². The van der Waals surface area contributed by atoms with Crippen LogP contribution >= 0.6 is 0 Å². The molecule has 2 aromatic rings. The number of carbonyl (C=O) groups is 1. The van der Waals surface area contributed by atoms with Gasteiger partial charge in [0.05, 0.1) is 11.7 Å². The average Bonchev–Trinajstić information content (AvgIpc) is 3.39. The van der Waals surface area contributed by atoms with Crippen molar-refractivity contribution in [3.05, 3.63) is 47.8 Å². The molecule has 0 aliphatic carbocycles. The van der Waals surface area contributed by atoms with Crippen molar-refractivity contribution in [2.45, 2.75) is 32.4 Å². The van der Waals surface area contributed by atoms with Gasteiger partial charge < -0.3 is 19.1 Å². The summed E-state index contributed by atoms with van der Waals surface area (Å²) < 4.78 is 16.4. The highest BCUT2D eigenvalue weighted by Gasteiger charge is 2.26. The first-order valence-corrected chi connectivity index (χ1v) is 8.79. The van der Waals surface area contributed by atoms with Crippen LogP contribution in [0.5, 0.6) is 17.2 Å². The first-order chi connectivity index (χ1) is 12.7. The van der Waals surface area contributed by atoms with Gasteiger partial charge in [-0.05, 0) is 24.6 Å². The van der Waals surface area contributed by atoms with E-state index in [4.69, 9.17) is 14.2 Å². The van der Waals surface area contributed by atoms with Crippen LogP contribution in [0.1, 0.15) is 35.9 Å². The van der Waals surface area contributed by atoms with E-state index in [1.54, 1.807) is 12.1 Å². The van der Waals surface area contributed by atoms with E-state index in [0.29, 0.717) is 29.5 Å². The molecule has 7 nitrogen and oxygen atoms in total. The van der Waals surface area contributed by atoms with Crippen molar-refractivity contribution < 1.29 is 19.0 Å². The van der Waals surface area contributed by atoms with Crippen molar-refractivity contribution in [3.63, 3.8) is 0 Å². The second kappa shape index (κ2) is 7.11. The van der Waals surface area contributed by atoms with Gasteiger partial charge in [0.2, 0.25) is 6.79 Å². The largest absolute Gasteiger partial charge is 0.487 e. The number of nitrogens with one attached hydrogen (secondary N) is 1. The number of rotatable bonds is 6. The molecule has 0 bridgehead atoms. The zero-order chi connectivity index (χ0) is 17.9. The van der Waals surface area contributed by atoms with Crippen LogP contribution in [0.3, 0.4) is 0 Å². The molecule has 4 rings (SSSR count). The van der Waals surface area contributed by atoms with Crippen molar-refractivity contribution in [2.24, 2.45) is 0 Å². The lowest BCUT2D eigenvalue weighted by Gasteiger charge is -2.23. The molecule has 26 heavy (non-hydrogen) atoms. The number of aromatic nitrogens is 2. The first kappa shape index (κ1) is 16.5. The maximum atomic E-state index is 12.7. The number of H-pyrrole nitrogens is 1. The van der Waals surface area contributed by atoms with Crippen LogP contribution < -0.4 is 14.2 Å². The predicted molar refractivity (Wildman–Crippen MR) is 94.4 cm³/mol.